The molecule has 0 fully saturated rings. The minimum absolute atomic E-state index is 0.506. The van der Waals surface area contributed by atoms with Gasteiger partial charge < -0.3 is 16.2 Å². The number of carboxylic acids is 1. The first-order valence-electron chi connectivity index (χ1n) is 5.20. The molecule has 0 saturated carbocycles. The molecule has 1 rings (SSSR count). The molecule has 1 unspecified atom stereocenters. The summed E-state index contributed by atoms with van der Waals surface area (Å²) in [6.45, 7) is 3.04. The second kappa shape index (κ2) is 4.97. The summed E-state index contributed by atoms with van der Waals surface area (Å²) in [6.07, 6.45) is 0. The summed E-state index contributed by atoms with van der Waals surface area (Å²) in [5, 5.41) is 11.5. The average Bonchev–Trinajstić information content (AvgIpc) is 2.25. The fourth-order valence-electron chi connectivity index (χ4n) is 1.25. The van der Waals surface area contributed by atoms with Gasteiger partial charge in [-0.2, -0.15) is 0 Å². The fourth-order valence-corrected chi connectivity index (χ4v) is 1.25. The summed E-state index contributed by atoms with van der Waals surface area (Å²) in [4.78, 5) is 22.8. The van der Waals surface area contributed by atoms with Crippen molar-refractivity contribution >= 4 is 11.9 Å². The van der Waals surface area contributed by atoms with Gasteiger partial charge in [0, 0.05) is 0 Å². The van der Waals surface area contributed by atoms with Crippen LogP contribution in [0.15, 0.2) is 30.3 Å². The van der Waals surface area contributed by atoms with Crippen LogP contribution < -0.4 is 11.1 Å². The molecule has 1 aromatic rings. The molecule has 5 heteroatoms. The second-order valence-electron chi connectivity index (χ2n) is 4.38. The highest BCUT2D eigenvalue weighted by molar-refractivity contribution is 5.89. The van der Waals surface area contributed by atoms with E-state index in [1.54, 1.807) is 30.3 Å². The maximum atomic E-state index is 11.7. The summed E-state index contributed by atoms with van der Waals surface area (Å²) in [6, 6.07) is 7.41. The van der Waals surface area contributed by atoms with Crippen molar-refractivity contribution in [3.05, 3.63) is 35.9 Å². The average molecular weight is 236 g/mol. The number of rotatable bonds is 4. The zero-order chi connectivity index (χ0) is 13.1. The van der Waals surface area contributed by atoms with E-state index in [-0.39, 0.29) is 0 Å². The fraction of sp³-hybridized carbons (Fsp3) is 0.333. The first-order chi connectivity index (χ1) is 7.82. The molecular formula is C12H16N2O3. The molecule has 1 amide bonds. The van der Waals surface area contributed by atoms with Crippen molar-refractivity contribution in [2.45, 2.75) is 25.4 Å². The predicted octanol–water partition coefficient (Wildman–Crippen LogP) is 0.666. The first-order valence-corrected chi connectivity index (χ1v) is 5.20. The third-order valence-electron chi connectivity index (χ3n) is 2.24. The quantitative estimate of drug-likeness (QED) is 0.716. The highest BCUT2D eigenvalue weighted by Crippen LogP contribution is 2.13. The van der Waals surface area contributed by atoms with Crippen LogP contribution >= 0.6 is 0 Å². The van der Waals surface area contributed by atoms with E-state index in [1.807, 2.05) is 0 Å². The van der Waals surface area contributed by atoms with Crippen LogP contribution in [0.25, 0.3) is 0 Å². The second-order valence-corrected chi connectivity index (χ2v) is 4.38. The molecule has 1 atom stereocenters. The van der Waals surface area contributed by atoms with Crippen molar-refractivity contribution in [2.75, 3.05) is 0 Å². The number of carboxylic acid groups (broad SMARTS) is 1. The number of hydrogen-bond acceptors (Lipinski definition) is 3. The van der Waals surface area contributed by atoms with E-state index in [1.165, 1.54) is 13.8 Å². The number of amides is 1. The third kappa shape index (κ3) is 3.57. The SMILES string of the molecule is CC(C)(N)C(=O)NC(C(=O)O)c1ccccc1. The summed E-state index contributed by atoms with van der Waals surface area (Å²) in [5.41, 5.74) is 5.00. The molecule has 0 aliphatic heterocycles. The zero-order valence-corrected chi connectivity index (χ0v) is 9.81. The number of hydrogen-bond donors (Lipinski definition) is 3. The van der Waals surface area contributed by atoms with Gasteiger partial charge in [0.15, 0.2) is 6.04 Å². The van der Waals surface area contributed by atoms with Crippen LogP contribution in [0.2, 0.25) is 0 Å². The Morgan fingerprint density at radius 1 is 1.29 bits per heavy atom. The molecule has 0 aliphatic carbocycles. The van der Waals surface area contributed by atoms with Crippen LogP contribution in [0.3, 0.4) is 0 Å². The van der Waals surface area contributed by atoms with E-state index in [0.717, 1.165) is 0 Å². The van der Waals surface area contributed by atoms with E-state index in [4.69, 9.17) is 10.8 Å². The Morgan fingerprint density at radius 3 is 2.24 bits per heavy atom. The molecule has 0 heterocycles. The highest BCUT2D eigenvalue weighted by atomic mass is 16.4. The van der Waals surface area contributed by atoms with E-state index in [2.05, 4.69) is 5.32 Å². The number of carbonyl (C=O) groups is 2. The Morgan fingerprint density at radius 2 is 1.82 bits per heavy atom. The smallest absolute Gasteiger partial charge is 0.330 e. The summed E-state index contributed by atoms with van der Waals surface area (Å²) < 4.78 is 0. The number of benzene rings is 1. The topological polar surface area (TPSA) is 92.4 Å². The number of aliphatic carboxylic acids is 1. The van der Waals surface area contributed by atoms with Gasteiger partial charge in [0.05, 0.1) is 5.54 Å². The largest absolute Gasteiger partial charge is 0.479 e. The summed E-state index contributed by atoms with van der Waals surface area (Å²) in [5.74, 6) is -1.62. The lowest BCUT2D eigenvalue weighted by molar-refractivity contribution is -0.142. The zero-order valence-electron chi connectivity index (χ0n) is 9.81. The Balaban J connectivity index is 2.90. The molecular weight excluding hydrogens is 220 g/mol. The van der Waals surface area contributed by atoms with Gasteiger partial charge in [0.25, 0.3) is 0 Å². The normalized spacial score (nSPS) is 12.9. The highest BCUT2D eigenvalue weighted by Gasteiger charge is 2.28. The molecule has 0 spiro atoms. The first kappa shape index (κ1) is 13.2. The number of nitrogens with one attached hydrogen (secondary N) is 1. The van der Waals surface area contributed by atoms with Crippen LogP contribution in [0.4, 0.5) is 0 Å². The lowest BCUT2D eigenvalue weighted by atomic mass is 10.0. The molecule has 17 heavy (non-hydrogen) atoms. The molecule has 0 saturated heterocycles. The van der Waals surface area contributed by atoms with Crippen molar-refractivity contribution < 1.29 is 14.7 Å². The van der Waals surface area contributed by atoms with E-state index in [0.29, 0.717) is 5.56 Å². The predicted molar refractivity (Wildman–Crippen MR) is 63.2 cm³/mol. The molecule has 0 radical (unpaired) electrons. The van der Waals surface area contributed by atoms with Gasteiger partial charge in [-0.3, -0.25) is 4.79 Å². The van der Waals surface area contributed by atoms with Gasteiger partial charge in [-0.1, -0.05) is 30.3 Å². The Kier molecular flexibility index (Phi) is 3.85. The van der Waals surface area contributed by atoms with Crippen LogP contribution in [0, 0.1) is 0 Å². The van der Waals surface area contributed by atoms with Gasteiger partial charge in [0.1, 0.15) is 0 Å². The molecule has 1 aromatic carbocycles. The van der Waals surface area contributed by atoms with E-state index in [9.17, 15) is 9.59 Å². The summed E-state index contributed by atoms with van der Waals surface area (Å²) in [7, 11) is 0. The Bertz CT molecular complexity index is 410. The van der Waals surface area contributed by atoms with Crippen LogP contribution in [0.1, 0.15) is 25.5 Å². The maximum absolute atomic E-state index is 11.7. The third-order valence-corrected chi connectivity index (χ3v) is 2.24. The van der Waals surface area contributed by atoms with Crippen LogP contribution in [-0.4, -0.2) is 22.5 Å². The monoisotopic (exact) mass is 236 g/mol. The Labute approximate surface area is 99.6 Å². The van der Waals surface area contributed by atoms with E-state index >= 15 is 0 Å². The molecule has 0 aromatic heterocycles. The number of carbonyl (C=O) groups excluding carboxylic acids is 1. The minimum Gasteiger partial charge on any atom is -0.479 e. The van der Waals surface area contributed by atoms with Crippen LogP contribution in [0.5, 0.6) is 0 Å². The van der Waals surface area contributed by atoms with E-state index < -0.39 is 23.5 Å². The van der Waals surface area contributed by atoms with Gasteiger partial charge in [-0.25, -0.2) is 4.79 Å². The molecule has 5 nitrogen and oxygen atoms in total. The van der Waals surface area contributed by atoms with Gasteiger partial charge in [-0.15, -0.1) is 0 Å². The molecule has 0 bridgehead atoms. The number of nitrogens with two attached hydrogens (primary N) is 1. The molecule has 4 N–H and O–H groups in total. The van der Waals surface area contributed by atoms with Crippen LogP contribution in [-0.2, 0) is 9.59 Å². The van der Waals surface area contributed by atoms with Gasteiger partial charge in [0.2, 0.25) is 5.91 Å². The summed E-state index contributed by atoms with van der Waals surface area (Å²) >= 11 is 0. The maximum Gasteiger partial charge on any atom is 0.330 e. The molecule has 0 aliphatic rings. The lowest BCUT2D eigenvalue weighted by Gasteiger charge is -2.22. The standard InChI is InChI=1S/C12H16N2O3/c1-12(2,13)11(17)14-9(10(15)16)8-6-4-3-5-7-8/h3-7,9H,13H2,1-2H3,(H,14,17)(H,15,16). The van der Waals surface area contributed by atoms with Gasteiger partial charge in [-0.05, 0) is 19.4 Å². The van der Waals surface area contributed by atoms with Crippen molar-refractivity contribution in [2.24, 2.45) is 5.73 Å². The molecule has 92 valence electrons. The van der Waals surface area contributed by atoms with Crippen molar-refractivity contribution in [3.8, 4) is 0 Å². The van der Waals surface area contributed by atoms with Crippen molar-refractivity contribution in [1.82, 2.24) is 5.32 Å². The minimum atomic E-state index is -1.12. The Hall–Kier alpha value is -1.88. The van der Waals surface area contributed by atoms with Gasteiger partial charge >= 0.3 is 5.97 Å². The van der Waals surface area contributed by atoms with Crippen molar-refractivity contribution in [3.63, 3.8) is 0 Å². The van der Waals surface area contributed by atoms with Crippen molar-refractivity contribution in [1.29, 1.82) is 0 Å². The lowest BCUT2D eigenvalue weighted by Crippen LogP contribution is -2.51.